The molecule has 0 radical (unpaired) electrons. The monoisotopic (exact) mass is 442 g/mol. The molecule has 0 unspecified atom stereocenters. The van der Waals surface area contributed by atoms with Gasteiger partial charge in [-0.1, -0.05) is 35.0 Å². The number of aryl methyl sites for hydroxylation is 1. The SMILES string of the molecule is CCc1nn([C@@H](C)C(=O)NCc2cccc(Br)c2)c(=O)c2cc3occc3n12. The minimum absolute atomic E-state index is 0.267. The summed E-state index contributed by atoms with van der Waals surface area (Å²) in [5.74, 6) is 0.425. The molecule has 0 fully saturated rings. The minimum atomic E-state index is -0.740. The number of benzene rings is 1. The first kappa shape index (κ1) is 18.5. The van der Waals surface area contributed by atoms with Gasteiger partial charge >= 0.3 is 0 Å². The Balaban J connectivity index is 1.66. The number of fused-ring (bicyclic) bond motifs is 3. The maximum Gasteiger partial charge on any atom is 0.291 e. The van der Waals surface area contributed by atoms with E-state index in [9.17, 15) is 9.59 Å². The van der Waals surface area contributed by atoms with Crippen LogP contribution in [0.3, 0.4) is 0 Å². The van der Waals surface area contributed by atoms with E-state index in [1.54, 1.807) is 29.7 Å². The number of nitrogens with one attached hydrogen (secondary N) is 1. The first-order chi connectivity index (χ1) is 13.5. The fraction of sp³-hybridized carbons (Fsp3) is 0.250. The standard InChI is InChI=1S/C20H19BrN4O3/c1-3-18-23-25(20(27)16-10-17-15(24(16)18)7-8-28-17)12(2)19(26)22-11-13-5-4-6-14(21)9-13/h4-10,12H,3,11H2,1-2H3,(H,22,26)/t12-/m0/s1. The van der Waals surface area contributed by atoms with Crippen LogP contribution < -0.4 is 10.9 Å². The number of carbonyl (C=O) groups excluding carboxylic acids is 1. The van der Waals surface area contributed by atoms with Crippen LogP contribution in [-0.2, 0) is 17.8 Å². The highest BCUT2D eigenvalue weighted by Crippen LogP contribution is 2.21. The molecule has 0 saturated carbocycles. The van der Waals surface area contributed by atoms with E-state index in [1.807, 2.05) is 31.2 Å². The summed E-state index contributed by atoms with van der Waals surface area (Å²) in [6, 6.07) is 10.5. The third-order valence-electron chi connectivity index (χ3n) is 4.75. The van der Waals surface area contributed by atoms with Crippen LogP contribution in [0.5, 0.6) is 0 Å². The smallest absolute Gasteiger partial charge is 0.291 e. The van der Waals surface area contributed by atoms with Crippen molar-refractivity contribution in [2.75, 3.05) is 0 Å². The molecule has 0 aliphatic carbocycles. The van der Waals surface area contributed by atoms with Crippen molar-refractivity contribution in [2.45, 2.75) is 32.9 Å². The number of hydrogen-bond donors (Lipinski definition) is 1. The average Bonchev–Trinajstić information content (AvgIpc) is 3.28. The number of hydrogen-bond acceptors (Lipinski definition) is 4. The summed E-state index contributed by atoms with van der Waals surface area (Å²) in [4.78, 5) is 25.6. The summed E-state index contributed by atoms with van der Waals surface area (Å²) in [7, 11) is 0. The molecule has 1 amide bonds. The molecule has 28 heavy (non-hydrogen) atoms. The summed E-state index contributed by atoms with van der Waals surface area (Å²) < 4.78 is 9.42. The number of amides is 1. The van der Waals surface area contributed by atoms with Crippen molar-refractivity contribution in [2.24, 2.45) is 0 Å². The fourth-order valence-electron chi connectivity index (χ4n) is 3.28. The van der Waals surface area contributed by atoms with Gasteiger partial charge < -0.3 is 9.73 Å². The van der Waals surface area contributed by atoms with Crippen molar-refractivity contribution in [1.82, 2.24) is 19.5 Å². The molecule has 0 spiro atoms. The van der Waals surface area contributed by atoms with Crippen molar-refractivity contribution >= 4 is 38.5 Å². The largest absolute Gasteiger partial charge is 0.463 e. The van der Waals surface area contributed by atoms with Crippen molar-refractivity contribution < 1.29 is 9.21 Å². The number of halogens is 1. The van der Waals surface area contributed by atoms with Gasteiger partial charge in [-0.3, -0.25) is 14.0 Å². The quantitative estimate of drug-likeness (QED) is 0.513. The molecule has 1 aromatic carbocycles. The molecule has 1 atom stereocenters. The predicted octanol–water partition coefficient (Wildman–Crippen LogP) is 3.44. The molecule has 0 bridgehead atoms. The molecule has 0 aliphatic heterocycles. The lowest BCUT2D eigenvalue weighted by Gasteiger charge is -2.16. The third kappa shape index (κ3) is 3.13. The van der Waals surface area contributed by atoms with E-state index in [4.69, 9.17) is 4.42 Å². The molecule has 144 valence electrons. The predicted molar refractivity (Wildman–Crippen MR) is 109 cm³/mol. The fourth-order valence-corrected chi connectivity index (χ4v) is 3.73. The van der Waals surface area contributed by atoms with Crippen LogP contribution in [0.25, 0.3) is 16.6 Å². The second-order valence-electron chi connectivity index (χ2n) is 6.58. The average molecular weight is 443 g/mol. The van der Waals surface area contributed by atoms with E-state index < -0.39 is 6.04 Å². The third-order valence-corrected chi connectivity index (χ3v) is 5.24. The summed E-state index contributed by atoms with van der Waals surface area (Å²) in [5.41, 5.74) is 2.52. The second-order valence-corrected chi connectivity index (χ2v) is 7.49. The Morgan fingerprint density at radius 1 is 1.29 bits per heavy atom. The van der Waals surface area contributed by atoms with Gasteiger partial charge in [0, 0.05) is 29.6 Å². The summed E-state index contributed by atoms with van der Waals surface area (Å²) in [5, 5.41) is 7.34. The zero-order valence-electron chi connectivity index (χ0n) is 15.5. The van der Waals surface area contributed by atoms with E-state index in [0.29, 0.717) is 29.9 Å². The Morgan fingerprint density at radius 3 is 2.86 bits per heavy atom. The lowest BCUT2D eigenvalue weighted by Crippen LogP contribution is -2.38. The Bertz CT molecular complexity index is 1240. The lowest BCUT2D eigenvalue weighted by atomic mass is 10.2. The van der Waals surface area contributed by atoms with Crippen LogP contribution >= 0.6 is 15.9 Å². The van der Waals surface area contributed by atoms with Gasteiger partial charge in [0.1, 0.15) is 17.4 Å². The van der Waals surface area contributed by atoms with Crippen molar-refractivity contribution in [3.05, 3.63) is 68.9 Å². The molecule has 0 aliphatic rings. The Kier molecular flexibility index (Phi) is 4.80. The first-order valence-corrected chi connectivity index (χ1v) is 9.81. The summed E-state index contributed by atoms with van der Waals surface area (Å²) in [6.07, 6.45) is 2.19. The summed E-state index contributed by atoms with van der Waals surface area (Å²) in [6.45, 7) is 4.01. The highest BCUT2D eigenvalue weighted by Gasteiger charge is 2.22. The minimum Gasteiger partial charge on any atom is -0.463 e. The Labute approximate surface area is 169 Å². The summed E-state index contributed by atoms with van der Waals surface area (Å²) >= 11 is 3.42. The van der Waals surface area contributed by atoms with Gasteiger partial charge in [-0.15, -0.1) is 0 Å². The Hall–Kier alpha value is -2.87. The van der Waals surface area contributed by atoms with E-state index in [0.717, 1.165) is 15.6 Å². The molecule has 4 rings (SSSR count). The van der Waals surface area contributed by atoms with Gasteiger partial charge in [0.2, 0.25) is 5.91 Å². The maximum atomic E-state index is 13.0. The number of furan rings is 1. The van der Waals surface area contributed by atoms with Crippen LogP contribution in [0.4, 0.5) is 0 Å². The topological polar surface area (TPSA) is 81.5 Å². The molecule has 1 N–H and O–H groups in total. The Morgan fingerprint density at radius 2 is 2.11 bits per heavy atom. The molecule has 3 aromatic heterocycles. The van der Waals surface area contributed by atoms with Gasteiger partial charge in [0.25, 0.3) is 5.56 Å². The van der Waals surface area contributed by atoms with Crippen LogP contribution in [-0.4, -0.2) is 20.1 Å². The van der Waals surface area contributed by atoms with Crippen molar-refractivity contribution in [3.8, 4) is 0 Å². The molecule has 7 nitrogen and oxygen atoms in total. The van der Waals surface area contributed by atoms with Gasteiger partial charge in [-0.25, -0.2) is 4.68 Å². The first-order valence-electron chi connectivity index (χ1n) is 9.02. The van der Waals surface area contributed by atoms with E-state index in [-0.39, 0.29) is 11.5 Å². The molecule has 8 heteroatoms. The number of carbonyl (C=O) groups is 1. The van der Waals surface area contributed by atoms with Crippen molar-refractivity contribution in [3.63, 3.8) is 0 Å². The van der Waals surface area contributed by atoms with Crippen LogP contribution in [0.2, 0.25) is 0 Å². The molecule has 0 saturated heterocycles. The molecular formula is C20H19BrN4O3. The maximum absolute atomic E-state index is 13.0. The van der Waals surface area contributed by atoms with E-state index >= 15 is 0 Å². The van der Waals surface area contributed by atoms with Crippen LogP contribution in [0, 0.1) is 0 Å². The number of aromatic nitrogens is 3. The highest BCUT2D eigenvalue weighted by atomic mass is 79.9. The number of rotatable bonds is 5. The zero-order valence-corrected chi connectivity index (χ0v) is 17.1. The van der Waals surface area contributed by atoms with E-state index in [2.05, 4.69) is 26.3 Å². The normalized spacial score (nSPS) is 12.5. The molecular weight excluding hydrogens is 424 g/mol. The van der Waals surface area contributed by atoms with Gasteiger partial charge in [0.05, 0.1) is 11.8 Å². The highest BCUT2D eigenvalue weighted by molar-refractivity contribution is 9.10. The van der Waals surface area contributed by atoms with Crippen LogP contribution in [0.1, 0.15) is 31.3 Å². The molecule has 3 heterocycles. The van der Waals surface area contributed by atoms with E-state index in [1.165, 1.54) is 4.68 Å². The van der Waals surface area contributed by atoms with Gasteiger partial charge in [-0.05, 0) is 24.6 Å². The van der Waals surface area contributed by atoms with Crippen molar-refractivity contribution in [1.29, 1.82) is 0 Å². The second kappa shape index (κ2) is 7.27. The van der Waals surface area contributed by atoms with Gasteiger partial charge in [-0.2, -0.15) is 5.10 Å². The van der Waals surface area contributed by atoms with Crippen LogP contribution in [0.15, 0.2) is 56.3 Å². The lowest BCUT2D eigenvalue weighted by molar-refractivity contribution is -0.124. The number of nitrogens with zero attached hydrogens (tertiary/aromatic N) is 3. The molecule has 4 aromatic rings. The zero-order chi connectivity index (χ0) is 19.8. The van der Waals surface area contributed by atoms with Gasteiger partial charge in [0.15, 0.2) is 5.58 Å².